The van der Waals surface area contributed by atoms with Gasteiger partial charge in [-0.25, -0.2) is 17.2 Å². The number of nitrogens with zero attached hydrogens (tertiary/aromatic N) is 2. The van der Waals surface area contributed by atoms with Gasteiger partial charge in [0.15, 0.2) is 11.6 Å². The molecule has 1 N–H and O–H groups in total. The van der Waals surface area contributed by atoms with Crippen molar-refractivity contribution in [2.75, 3.05) is 36.7 Å². The first-order valence-corrected chi connectivity index (χ1v) is 11.5. The molecule has 0 radical (unpaired) electrons. The lowest BCUT2D eigenvalue weighted by Crippen LogP contribution is -2.48. The Labute approximate surface area is 165 Å². The minimum atomic E-state index is -3.87. The fourth-order valence-corrected chi connectivity index (χ4v) is 4.62. The molecule has 6 nitrogen and oxygen atoms in total. The Kier molecular flexibility index (Phi) is 8.18. The van der Waals surface area contributed by atoms with Gasteiger partial charge < -0.3 is 10.2 Å². The Morgan fingerprint density at radius 1 is 1.18 bits per heavy atom. The summed E-state index contributed by atoms with van der Waals surface area (Å²) < 4.78 is 51.9. The van der Waals surface area contributed by atoms with Crippen molar-refractivity contribution < 1.29 is 22.0 Å². The van der Waals surface area contributed by atoms with Crippen LogP contribution in [-0.2, 0) is 14.8 Å². The predicted molar refractivity (Wildman–Crippen MR) is 106 cm³/mol. The first-order chi connectivity index (χ1) is 13.2. The SMILES string of the molecule is C[C@H](C(=O)NCCCN1CCCCCC1)N(c1ccc(F)c(F)c1)S(C)(=O)=O. The summed E-state index contributed by atoms with van der Waals surface area (Å²) in [6.45, 7) is 4.87. The topological polar surface area (TPSA) is 69.7 Å². The second-order valence-corrected chi connectivity index (χ2v) is 9.09. The van der Waals surface area contributed by atoms with E-state index in [4.69, 9.17) is 0 Å². The smallest absolute Gasteiger partial charge is 0.243 e. The predicted octanol–water partition coefficient (Wildman–Crippen LogP) is 2.50. The van der Waals surface area contributed by atoms with Crippen molar-refractivity contribution in [1.29, 1.82) is 0 Å². The number of amides is 1. The van der Waals surface area contributed by atoms with E-state index in [1.165, 1.54) is 32.6 Å². The second kappa shape index (κ2) is 10.2. The van der Waals surface area contributed by atoms with Crippen LogP contribution in [0, 0.1) is 11.6 Å². The van der Waals surface area contributed by atoms with Crippen LogP contribution in [-0.4, -0.2) is 57.7 Å². The summed E-state index contributed by atoms with van der Waals surface area (Å²) in [7, 11) is -3.87. The molecule has 0 spiro atoms. The molecule has 1 fully saturated rings. The first-order valence-electron chi connectivity index (χ1n) is 9.64. The third kappa shape index (κ3) is 6.41. The van der Waals surface area contributed by atoms with Gasteiger partial charge in [0.25, 0.3) is 0 Å². The average molecular weight is 418 g/mol. The number of carbonyl (C=O) groups is 1. The number of nitrogens with one attached hydrogen (secondary N) is 1. The zero-order chi connectivity index (χ0) is 20.7. The third-order valence-electron chi connectivity index (χ3n) is 4.90. The molecule has 0 bridgehead atoms. The van der Waals surface area contributed by atoms with Gasteiger partial charge in [0.05, 0.1) is 11.9 Å². The van der Waals surface area contributed by atoms with Crippen LogP contribution in [0.1, 0.15) is 39.0 Å². The molecular formula is C19H29F2N3O3S. The highest BCUT2D eigenvalue weighted by Crippen LogP contribution is 2.23. The number of sulfonamides is 1. The van der Waals surface area contributed by atoms with Crippen molar-refractivity contribution in [3.8, 4) is 0 Å². The average Bonchev–Trinajstić information content (AvgIpc) is 2.89. The van der Waals surface area contributed by atoms with E-state index in [1.807, 2.05) is 0 Å². The van der Waals surface area contributed by atoms with Crippen molar-refractivity contribution in [2.45, 2.75) is 45.1 Å². The largest absolute Gasteiger partial charge is 0.354 e. The monoisotopic (exact) mass is 417 g/mol. The van der Waals surface area contributed by atoms with Crippen LogP contribution >= 0.6 is 0 Å². The van der Waals surface area contributed by atoms with Crippen LogP contribution in [0.15, 0.2) is 18.2 Å². The molecule has 1 aliphatic heterocycles. The van der Waals surface area contributed by atoms with E-state index in [0.29, 0.717) is 6.54 Å². The lowest BCUT2D eigenvalue weighted by atomic mass is 10.2. The number of likely N-dealkylation sites (tertiary alicyclic amines) is 1. The van der Waals surface area contributed by atoms with Crippen molar-refractivity contribution in [3.63, 3.8) is 0 Å². The second-order valence-electron chi connectivity index (χ2n) is 7.23. The van der Waals surface area contributed by atoms with Crippen LogP contribution in [0.5, 0.6) is 0 Å². The zero-order valence-electron chi connectivity index (χ0n) is 16.5. The van der Waals surface area contributed by atoms with Gasteiger partial charge >= 0.3 is 0 Å². The maximum Gasteiger partial charge on any atom is 0.243 e. The minimum Gasteiger partial charge on any atom is -0.354 e. The van der Waals surface area contributed by atoms with E-state index < -0.39 is 33.6 Å². The Balaban J connectivity index is 1.94. The summed E-state index contributed by atoms with van der Waals surface area (Å²) in [5.41, 5.74) is -0.0892. The van der Waals surface area contributed by atoms with Crippen molar-refractivity contribution in [1.82, 2.24) is 10.2 Å². The van der Waals surface area contributed by atoms with Gasteiger partial charge in [-0.05, 0) is 58.0 Å². The van der Waals surface area contributed by atoms with E-state index in [1.54, 1.807) is 0 Å². The van der Waals surface area contributed by atoms with E-state index in [9.17, 15) is 22.0 Å². The van der Waals surface area contributed by atoms with Crippen molar-refractivity contribution >= 4 is 21.6 Å². The standard InChI is InChI=1S/C19H29F2N3O3S/c1-15(19(25)22-10-7-13-23-11-5-3-4-6-12-23)24(28(2,26)27)16-8-9-17(20)18(21)14-16/h8-9,14-15H,3-7,10-13H2,1-2H3,(H,22,25)/t15-/m1/s1. The molecule has 1 heterocycles. The third-order valence-corrected chi connectivity index (χ3v) is 6.14. The normalized spacial score (nSPS) is 17.0. The molecule has 1 aliphatic rings. The number of anilines is 1. The van der Waals surface area contributed by atoms with Gasteiger partial charge in [-0.2, -0.15) is 0 Å². The highest BCUT2D eigenvalue weighted by molar-refractivity contribution is 7.92. The summed E-state index contributed by atoms with van der Waals surface area (Å²) in [6, 6.07) is 1.68. The van der Waals surface area contributed by atoms with Crippen molar-refractivity contribution in [2.24, 2.45) is 0 Å². The Morgan fingerprint density at radius 3 is 2.39 bits per heavy atom. The van der Waals surface area contributed by atoms with E-state index in [0.717, 1.165) is 54.8 Å². The zero-order valence-corrected chi connectivity index (χ0v) is 17.3. The van der Waals surface area contributed by atoms with Crippen LogP contribution in [0.2, 0.25) is 0 Å². The molecule has 28 heavy (non-hydrogen) atoms. The summed E-state index contributed by atoms with van der Waals surface area (Å²) in [5.74, 6) is -2.73. The summed E-state index contributed by atoms with van der Waals surface area (Å²) >= 11 is 0. The number of carbonyl (C=O) groups excluding carboxylic acids is 1. The molecule has 0 saturated carbocycles. The van der Waals surface area contributed by atoms with Crippen LogP contribution in [0.25, 0.3) is 0 Å². The fraction of sp³-hybridized carbons (Fsp3) is 0.632. The van der Waals surface area contributed by atoms with Crippen molar-refractivity contribution in [3.05, 3.63) is 29.8 Å². The maximum atomic E-state index is 13.5. The number of rotatable bonds is 8. The molecular weight excluding hydrogens is 388 g/mol. The first kappa shape index (κ1) is 22.5. The maximum absolute atomic E-state index is 13.5. The fourth-order valence-electron chi connectivity index (χ4n) is 3.45. The van der Waals surface area contributed by atoms with E-state index in [2.05, 4.69) is 10.2 Å². The van der Waals surface area contributed by atoms with Gasteiger partial charge in [0.1, 0.15) is 6.04 Å². The Bertz CT molecular complexity index is 766. The quantitative estimate of drug-likeness (QED) is 0.660. The number of halogens is 2. The number of benzene rings is 1. The van der Waals surface area contributed by atoms with Gasteiger partial charge in [0.2, 0.25) is 15.9 Å². The van der Waals surface area contributed by atoms with Gasteiger partial charge in [0, 0.05) is 12.6 Å². The van der Waals surface area contributed by atoms with E-state index >= 15 is 0 Å². The van der Waals surface area contributed by atoms with Crippen LogP contribution < -0.4 is 9.62 Å². The molecule has 1 atom stereocenters. The molecule has 0 aliphatic carbocycles. The summed E-state index contributed by atoms with van der Waals surface area (Å²) in [6.07, 6.45) is 6.61. The Hall–Kier alpha value is -1.74. The number of hydrogen-bond acceptors (Lipinski definition) is 4. The molecule has 1 aromatic rings. The summed E-state index contributed by atoms with van der Waals surface area (Å²) in [5, 5.41) is 2.75. The molecule has 9 heteroatoms. The highest BCUT2D eigenvalue weighted by Gasteiger charge is 2.29. The highest BCUT2D eigenvalue weighted by atomic mass is 32.2. The lowest BCUT2D eigenvalue weighted by molar-refractivity contribution is -0.121. The number of hydrogen-bond donors (Lipinski definition) is 1. The lowest BCUT2D eigenvalue weighted by Gasteiger charge is -2.28. The molecule has 0 unspecified atom stereocenters. The van der Waals surface area contributed by atoms with Crippen LogP contribution in [0.4, 0.5) is 14.5 Å². The summed E-state index contributed by atoms with van der Waals surface area (Å²) in [4.78, 5) is 14.8. The molecule has 1 saturated heterocycles. The molecule has 158 valence electrons. The molecule has 2 rings (SSSR count). The minimum absolute atomic E-state index is 0.0892. The molecule has 0 aromatic heterocycles. The Morgan fingerprint density at radius 2 is 1.82 bits per heavy atom. The van der Waals surface area contributed by atoms with Gasteiger partial charge in [-0.1, -0.05) is 12.8 Å². The van der Waals surface area contributed by atoms with Crippen LogP contribution in [0.3, 0.4) is 0 Å². The van der Waals surface area contributed by atoms with Gasteiger partial charge in [-0.15, -0.1) is 0 Å². The molecule has 1 amide bonds. The van der Waals surface area contributed by atoms with E-state index in [-0.39, 0.29) is 5.69 Å². The van der Waals surface area contributed by atoms with Gasteiger partial charge in [-0.3, -0.25) is 9.10 Å². The molecule has 1 aromatic carbocycles.